The van der Waals surface area contributed by atoms with E-state index in [1.54, 1.807) is 0 Å². The summed E-state index contributed by atoms with van der Waals surface area (Å²) in [5.74, 6) is 0.0577. The Balaban J connectivity index is 2.99. The van der Waals surface area contributed by atoms with Crippen LogP contribution in [0.25, 0.3) is 0 Å². The SMILES string of the molecule is O=[N+]([O-])c1ccc(OC(Cl)(Cl)Cl)c(Cl)c1. The Bertz CT molecular complexity index is 390. The highest BCUT2D eigenvalue weighted by atomic mass is 35.6. The number of nitro groups is 1. The van der Waals surface area contributed by atoms with Crippen LogP contribution in [0.1, 0.15) is 0 Å². The number of benzene rings is 1. The molecule has 0 radical (unpaired) electrons. The molecule has 1 aromatic rings. The summed E-state index contributed by atoms with van der Waals surface area (Å²) in [6.45, 7) is 0. The van der Waals surface area contributed by atoms with E-state index in [9.17, 15) is 10.1 Å². The number of non-ortho nitro benzene ring substituents is 1. The third-order valence-electron chi connectivity index (χ3n) is 1.35. The van der Waals surface area contributed by atoms with Gasteiger partial charge >= 0.3 is 3.98 Å². The zero-order valence-electron chi connectivity index (χ0n) is 6.92. The monoisotopic (exact) mass is 289 g/mol. The summed E-state index contributed by atoms with van der Waals surface area (Å²) in [5, 5.41) is 10.4. The van der Waals surface area contributed by atoms with Gasteiger partial charge in [0.15, 0.2) is 0 Å². The second kappa shape index (κ2) is 4.61. The summed E-state index contributed by atoms with van der Waals surface area (Å²) >= 11 is 21.7. The van der Waals surface area contributed by atoms with Crippen LogP contribution >= 0.6 is 46.4 Å². The first-order valence-electron chi connectivity index (χ1n) is 3.49. The number of nitro benzene ring substituents is 1. The Morgan fingerprint density at radius 2 is 1.93 bits per heavy atom. The van der Waals surface area contributed by atoms with Gasteiger partial charge in [-0.25, -0.2) is 0 Å². The van der Waals surface area contributed by atoms with Crippen LogP contribution in [0.2, 0.25) is 5.02 Å². The van der Waals surface area contributed by atoms with E-state index in [0.29, 0.717) is 0 Å². The van der Waals surface area contributed by atoms with Crippen molar-refractivity contribution in [2.45, 2.75) is 3.98 Å². The molecule has 0 aromatic heterocycles. The van der Waals surface area contributed by atoms with Gasteiger partial charge in [-0.2, -0.15) is 0 Å². The van der Waals surface area contributed by atoms with Crippen molar-refractivity contribution in [3.05, 3.63) is 33.3 Å². The first kappa shape index (κ1) is 12.6. The lowest BCUT2D eigenvalue weighted by molar-refractivity contribution is -0.384. The van der Waals surface area contributed by atoms with Crippen LogP contribution in [0, 0.1) is 10.1 Å². The van der Waals surface area contributed by atoms with Crippen LogP contribution in [0.3, 0.4) is 0 Å². The number of hydrogen-bond acceptors (Lipinski definition) is 3. The normalized spacial score (nSPS) is 11.2. The Hall–Kier alpha value is -0.420. The zero-order chi connectivity index (χ0) is 11.6. The van der Waals surface area contributed by atoms with Crippen molar-refractivity contribution in [1.29, 1.82) is 0 Å². The van der Waals surface area contributed by atoms with E-state index in [1.807, 2.05) is 0 Å². The number of hydrogen-bond donors (Lipinski definition) is 0. The maximum absolute atomic E-state index is 10.4. The molecule has 0 aliphatic carbocycles. The smallest absolute Gasteiger partial charge is 0.338 e. The van der Waals surface area contributed by atoms with Gasteiger partial charge < -0.3 is 4.74 Å². The molecule has 0 N–H and O–H groups in total. The number of nitrogens with zero attached hydrogens (tertiary/aromatic N) is 1. The van der Waals surface area contributed by atoms with Gasteiger partial charge in [0.05, 0.1) is 9.95 Å². The average molecular weight is 291 g/mol. The quantitative estimate of drug-likeness (QED) is 0.471. The van der Waals surface area contributed by atoms with E-state index in [1.165, 1.54) is 12.1 Å². The summed E-state index contributed by atoms with van der Waals surface area (Å²) in [7, 11) is 0. The molecule has 0 aliphatic heterocycles. The van der Waals surface area contributed by atoms with E-state index in [-0.39, 0.29) is 16.5 Å². The van der Waals surface area contributed by atoms with E-state index >= 15 is 0 Å². The van der Waals surface area contributed by atoms with E-state index in [4.69, 9.17) is 51.1 Å². The minimum Gasteiger partial charge on any atom is -0.444 e. The van der Waals surface area contributed by atoms with E-state index < -0.39 is 8.90 Å². The highest BCUT2D eigenvalue weighted by Crippen LogP contribution is 2.35. The van der Waals surface area contributed by atoms with Crippen LogP contribution in [0.4, 0.5) is 5.69 Å². The van der Waals surface area contributed by atoms with Gasteiger partial charge in [-0.15, -0.1) is 0 Å². The Morgan fingerprint density at radius 1 is 1.33 bits per heavy atom. The van der Waals surface area contributed by atoms with Gasteiger partial charge in [-0.1, -0.05) is 11.6 Å². The Morgan fingerprint density at radius 3 is 2.33 bits per heavy atom. The molecule has 0 spiro atoms. The maximum atomic E-state index is 10.4. The van der Waals surface area contributed by atoms with Crippen molar-refractivity contribution >= 4 is 52.1 Å². The number of rotatable bonds is 2. The van der Waals surface area contributed by atoms with E-state index in [0.717, 1.165) is 6.07 Å². The van der Waals surface area contributed by atoms with Crippen LogP contribution in [0.5, 0.6) is 5.75 Å². The second-order valence-corrected chi connectivity index (χ2v) is 5.00. The predicted molar refractivity (Wildman–Crippen MR) is 59.0 cm³/mol. The minimum atomic E-state index is -1.96. The molecule has 0 saturated carbocycles. The van der Waals surface area contributed by atoms with Crippen molar-refractivity contribution in [2.24, 2.45) is 0 Å². The minimum absolute atomic E-state index is 0.00414. The first-order chi connectivity index (χ1) is 6.79. The molecule has 15 heavy (non-hydrogen) atoms. The average Bonchev–Trinajstić information content (AvgIpc) is 2.05. The first-order valence-corrected chi connectivity index (χ1v) is 5.00. The molecule has 0 aliphatic rings. The van der Waals surface area contributed by atoms with E-state index in [2.05, 4.69) is 0 Å². The van der Waals surface area contributed by atoms with Crippen LogP contribution in [-0.4, -0.2) is 8.90 Å². The van der Waals surface area contributed by atoms with Gasteiger partial charge in [0, 0.05) is 12.1 Å². The topological polar surface area (TPSA) is 52.4 Å². The standard InChI is InChI=1S/C7H3Cl4NO3/c8-5-3-4(12(13)14)1-2-6(5)15-7(9,10)11/h1-3H. The molecule has 0 bridgehead atoms. The summed E-state index contributed by atoms with van der Waals surface area (Å²) in [6.07, 6.45) is 0. The third-order valence-corrected chi connectivity index (χ3v) is 1.88. The molecule has 8 heteroatoms. The van der Waals surface area contributed by atoms with Crippen LogP contribution in [0.15, 0.2) is 18.2 Å². The third kappa shape index (κ3) is 3.91. The fourth-order valence-electron chi connectivity index (χ4n) is 0.811. The fourth-order valence-corrected chi connectivity index (χ4v) is 1.27. The number of halogens is 4. The molecule has 0 unspecified atom stereocenters. The lowest BCUT2D eigenvalue weighted by Crippen LogP contribution is -2.12. The molecule has 0 saturated heterocycles. The van der Waals surface area contributed by atoms with Crippen molar-refractivity contribution in [3.63, 3.8) is 0 Å². The molecule has 82 valence electrons. The number of alkyl halides is 3. The summed E-state index contributed by atoms with van der Waals surface area (Å²) in [5.41, 5.74) is -0.170. The molecule has 0 atom stereocenters. The molecule has 1 aromatic carbocycles. The second-order valence-electron chi connectivity index (χ2n) is 2.42. The lowest BCUT2D eigenvalue weighted by Gasteiger charge is -2.14. The summed E-state index contributed by atoms with van der Waals surface area (Å²) in [4.78, 5) is 9.79. The predicted octanol–water partition coefficient (Wildman–Crippen LogP) is 3.95. The fraction of sp³-hybridized carbons (Fsp3) is 0.143. The molecule has 0 fully saturated rings. The van der Waals surface area contributed by atoms with Gasteiger partial charge in [0.2, 0.25) is 0 Å². The van der Waals surface area contributed by atoms with Gasteiger partial charge in [0.25, 0.3) is 5.69 Å². The van der Waals surface area contributed by atoms with Gasteiger partial charge in [-0.05, 0) is 40.9 Å². The van der Waals surface area contributed by atoms with Crippen LogP contribution in [-0.2, 0) is 0 Å². The maximum Gasteiger partial charge on any atom is 0.338 e. The molecule has 1 rings (SSSR count). The molecule has 4 nitrogen and oxygen atoms in total. The van der Waals surface area contributed by atoms with Crippen molar-refractivity contribution in [3.8, 4) is 5.75 Å². The largest absolute Gasteiger partial charge is 0.444 e. The molecular weight excluding hydrogens is 288 g/mol. The summed E-state index contributed by atoms with van der Waals surface area (Å²) in [6, 6.07) is 3.55. The zero-order valence-corrected chi connectivity index (χ0v) is 9.94. The number of ether oxygens (including phenoxy) is 1. The Kier molecular flexibility index (Phi) is 3.89. The molecule has 0 amide bonds. The van der Waals surface area contributed by atoms with Gasteiger partial charge in [-0.3, -0.25) is 10.1 Å². The summed E-state index contributed by atoms with van der Waals surface area (Å²) < 4.78 is 2.85. The van der Waals surface area contributed by atoms with Crippen molar-refractivity contribution in [2.75, 3.05) is 0 Å². The molecular formula is C7H3Cl4NO3. The van der Waals surface area contributed by atoms with Crippen molar-refractivity contribution < 1.29 is 9.66 Å². The molecule has 0 heterocycles. The highest BCUT2D eigenvalue weighted by Gasteiger charge is 2.23. The van der Waals surface area contributed by atoms with Gasteiger partial charge in [0.1, 0.15) is 5.75 Å². The lowest BCUT2D eigenvalue weighted by atomic mass is 10.3. The van der Waals surface area contributed by atoms with Crippen molar-refractivity contribution in [1.82, 2.24) is 0 Å². The Labute approximate surface area is 105 Å². The highest BCUT2D eigenvalue weighted by molar-refractivity contribution is 6.66. The van der Waals surface area contributed by atoms with Crippen LogP contribution < -0.4 is 4.74 Å².